The van der Waals surface area contributed by atoms with Gasteiger partial charge in [-0.2, -0.15) is 0 Å². The highest BCUT2D eigenvalue weighted by molar-refractivity contribution is 9.10. The molecular formula is C16H12BrF3N2O2. The Kier molecular flexibility index (Phi) is 5.97. The average Bonchev–Trinajstić information content (AvgIpc) is 2.56. The van der Waals surface area contributed by atoms with Gasteiger partial charge in [0.1, 0.15) is 0 Å². The van der Waals surface area contributed by atoms with Crippen molar-refractivity contribution < 1.29 is 22.8 Å². The summed E-state index contributed by atoms with van der Waals surface area (Å²) in [6.45, 7) is -0.423. The number of carbonyl (C=O) groups is 2. The van der Waals surface area contributed by atoms with E-state index in [1.54, 1.807) is 24.3 Å². The van der Waals surface area contributed by atoms with Crippen molar-refractivity contribution in [3.05, 3.63) is 63.9 Å². The lowest BCUT2D eigenvalue weighted by Crippen LogP contribution is -2.34. The topological polar surface area (TPSA) is 58.2 Å². The first-order valence-electron chi connectivity index (χ1n) is 6.81. The number of hydrogen-bond donors (Lipinski definition) is 2. The summed E-state index contributed by atoms with van der Waals surface area (Å²) in [7, 11) is 0. The van der Waals surface area contributed by atoms with Gasteiger partial charge < -0.3 is 10.6 Å². The maximum atomic E-state index is 13.4. The Morgan fingerprint density at radius 2 is 1.58 bits per heavy atom. The number of halogens is 4. The van der Waals surface area contributed by atoms with Crippen LogP contribution >= 0.6 is 15.9 Å². The molecule has 0 atom stereocenters. The van der Waals surface area contributed by atoms with Crippen LogP contribution in [-0.4, -0.2) is 18.4 Å². The van der Waals surface area contributed by atoms with Crippen LogP contribution in [0.15, 0.2) is 40.9 Å². The van der Waals surface area contributed by atoms with E-state index in [2.05, 4.69) is 26.6 Å². The monoisotopic (exact) mass is 400 g/mol. The van der Waals surface area contributed by atoms with E-state index < -0.39 is 41.5 Å². The van der Waals surface area contributed by atoms with E-state index in [0.29, 0.717) is 6.07 Å². The highest BCUT2D eigenvalue weighted by Gasteiger charge is 2.15. The molecule has 0 unspecified atom stereocenters. The summed E-state index contributed by atoms with van der Waals surface area (Å²) in [5.74, 6) is -5.69. The minimum atomic E-state index is -1.67. The highest BCUT2D eigenvalue weighted by Crippen LogP contribution is 2.19. The maximum Gasteiger partial charge on any atom is 0.243 e. The second-order valence-corrected chi connectivity index (χ2v) is 5.77. The SMILES string of the molecule is O=C(Cc1ccc(Br)cc1)NCC(=O)Nc1ccc(F)c(F)c1F. The second kappa shape index (κ2) is 7.96. The minimum absolute atomic E-state index is 0.0695. The van der Waals surface area contributed by atoms with Crippen molar-refractivity contribution in [2.75, 3.05) is 11.9 Å². The second-order valence-electron chi connectivity index (χ2n) is 4.85. The predicted molar refractivity (Wildman–Crippen MR) is 85.8 cm³/mol. The van der Waals surface area contributed by atoms with Gasteiger partial charge in [-0.25, -0.2) is 13.2 Å². The van der Waals surface area contributed by atoms with Crippen LogP contribution in [-0.2, 0) is 16.0 Å². The third-order valence-corrected chi connectivity index (χ3v) is 3.56. The summed E-state index contributed by atoms with van der Waals surface area (Å²) >= 11 is 3.27. The summed E-state index contributed by atoms with van der Waals surface area (Å²) < 4.78 is 40.1. The fraction of sp³-hybridized carbons (Fsp3) is 0.125. The Morgan fingerprint density at radius 3 is 2.25 bits per heavy atom. The predicted octanol–water partition coefficient (Wildman–Crippen LogP) is 3.16. The summed E-state index contributed by atoms with van der Waals surface area (Å²) in [6.07, 6.45) is 0.0695. The molecule has 2 aromatic carbocycles. The molecule has 0 aliphatic rings. The van der Waals surface area contributed by atoms with Gasteiger partial charge in [0.2, 0.25) is 11.8 Å². The van der Waals surface area contributed by atoms with Crippen molar-refractivity contribution in [2.24, 2.45) is 0 Å². The zero-order valence-electron chi connectivity index (χ0n) is 12.2. The van der Waals surface area contributed by atoms with Crippen LogP contribution in [0.5, 0.6) is 0 Å². The summed E-state index contributed by atoms with van der Waals surface area (Å²) in [5, 5.41) is 4.42. The quantitative estimate of drug-likeness (QED) is 0.757. The number of nitrogens with one attached hydrogen (secondary N) is 2. The van der Waals surface area contributed by atoms with Crippen LogP contribution in [0.4, 0.5) is 18.9 Å². The van der Waals surface area contributed by atoms with E-state index in [4.69, 9.17) is 0 Å². The Labute approximate surface area is 144 Å². The molecule has 0 saturated carbocycles. The van der Waals surface area contributed by atoms with Crippen LogP contribution in [0.1, 0.15) is 5.56 Å². The van der Waals surface area contributed by atoms with Gasteiger partial charge in [-0.05, 0) is 29.8 Å². The largest absolute Gasteiger partial charge is 0.347 e. The fourth-order valence-electron chi connectivity index (χ4n) is 1.85. The molecule has 2 rings (SSSR count). The number of hydrogen-bond acceptors (Lipinski definition) is 2. The highest BCUT2D eigenvalue weighted by atomic mass is 79.9. The van der Waals surface area contributed by atoms with Gasteiger partial charge >= 0.3 is 0 Å². The molecule has 0 spiro atoms. The molecule has 2 N–H and O–H groups in total. The first-order chi connectivity index (χ1) is 11.4. The van der Waals surface area contributed by atoms with Crippen LogP contribution < -0.4 is 10.6 Å². The molecule has 8 heteroatoms. The van der Waals surface area contributed by atoms with Crippen molar-refractivity contribution in [1.82, 2.24) is 5.32 Å². The number of carbonyl (C=O) groups excluding carboxylic acids is 2. The molecule has 0 saturated heterocycles. The summed E-state index contributed by atoms with van der Waals surface area (Å²) in [5.41, 5.74) is 0.254. The maximum absolute atomic E-state index is 13.4. The Bertz CT molecular complexity index is 767. The average molecular weight is 401 g/mol. The van der Waals surface area contributed by atoms with Crippen molar-refractivity contribution in [1.29, 1.82) is 0 Å². The third-order valence-electron chi connectivity index (χ3n) is 3.03. The van der Waals surface area contributed by atoms with Gasteiger partial charge in [0.25, 0.3) is 0 Å². The molecule has 0 aromatic heterocycles. The summed E-state index contributed by atoms with van der Waals surface area (Å²) in [6, 6.07) is 8.65. The number of benzene rings is 2. The molecule has 0 bridgehead atoms. The zero-order valence-corrected chi connectivity index (χ0v) is 13.8. The van der Waals surface area contributed by atoms with Crippen LogP contribution in [0, 0.1) is 17.5 Å². The molecule has 2 amide bonds. The van der Waals surface area contributed by atoms with Crippen molar-refractivity contribution in [2.45, 2.75) is 6.42 Å². The van der Waals surface area contributed by atoms with E-state index in [0.717, 1.165) is 16.1 Å². The fourth-order valence-corrected chi connectivity index (χ4v) is 2.11. The Balaban J connectivity index is 1.86. The van der Waals surface area contributed by atoms with Crippen LogP contribution in [0.25, 0.3) is 0 Å². The van der Waals surface area contributed by atoms with Gasteiger partial charge in [0.05, 0.1) is 18.7 Å². The summed E-state index contributed by atoms with van der Waals surface area (Å²) in [4.78, 5) is 23.4. The molecule has 0 fully saturated rings. The van der Waals surface area contributed by atoms with Gasteiger partial charge in [-0.1, -0.05) is 28.1 Å². The molecular weight excluding hydrogens is 389 g/mol. The molecule has 0 aliphatic heterocycles. The van der Waals surface area contributed by atoms with Gasteiger partial charge in [0, 0.05) is 4.47 Å². The number of amides is 2. The van der Waals surface area contributed by atoms with Gasteiger partial charge in [0.15, 0.2) is 17.5 Å². The molecule has 4 nitrogen and oxygen atoms in total. The lowest BCUT2D eigenvalue weighted by molar-refractivity contribution is -0.123. The number of rotatable bonds is 5. The van der Waals surface area contributed by atoms with E-state index in [-0.39, 0.29) is 6.42 Å². The van der Waals surface area contributed by atoms with Crippen molar-refractivity contribution in [3.63, 3.8) is 0 Å². The molecule has 2 aromatic rings. The van der Waals surface area contributed by atoms with E-state index in [1.807, 2.05) is 0 Å². The lowest BCUT2D eigenvalue weighted by atomic mass is 10.1. The molecule has 0 heterocycles. The normalized spacial score (nSPS) is 10.3. The zero-order chi connectivity index (χ0) is 17.7. The first kappa shape index (κ1) is 18.0. The van der Waals surface area contributed by atoms with Crippen LogP contribution in [0.2, 0.25) is 0 Å². The number of anilines is 1. The van der Waals surface area contributed by atoms with Gasteiger partial charge in [-0.15, -0.1) is 0 Å². The van der Waals surface area contributed by atoms with Crippen molar-refractivity contribution in [3.8, 4) is 0 Å². The molecule has 0 radical (unpaired) electrons. The first-order valence-corrected chi connectivity index (χ1v) is 7.60. The smallest absolute Gasteiger partial charge is 0.243 e. The molecule has 24 heavy (non-hydrogen) atoms. The third kappa shape index (κ3) is 4.82. The Hall–Kier alpha value is -2.35. The molecule has 0 aliphatic carbocycles. The Morgan fingerprint density at radius 1 is 0.917 bits per heavy atom. The lowest BCUT2D eigenvalue weighted by Gasteiger charge is -2.08. The minimum Gasteiger partial charge on any atom is -0.347 e. The molecule has 126 valence electrons. The standard InChI is InChI=1S/C16H12BrF3N2O2/c17-10-3-1-9(2-4-10)7-13(23)21-8-14(24)22-12-6-5-11(18)15(19)16(12)20/h1-6H,7-8H2,(H,21,23)(H,22,24). The van der Waals surface area contributed by atoms with E-state index in [9.17, 15) is 22.8 Å². The van der Waals surface area contributed by atoms with Crippen LogP contribution in [0.3, 0.4) is 0 Å². The van der Waals surface area contributed by atoms with Gasteiger partial charge in [-0.3, -0.25) is 9.59 Å². The van der Waals surface area contributed by atoms with Crippen molar-refractivity contribution >= 4 is 33.4 Å². The van der Waals surface area contributed by atoms with E-state index in [1.165, 1.54) is 0 Å². The van der Waals surface area contributed by atoms with E-state index >= 15 is 0 Å².